The van der Waals surface area contributed by atoms with Crippen molar-refractivity contribution in [2.24, 2.45) is 0 Å². The number of amides is 1. The monoisotopic (exact) mass is 448 g/mol. The second-order valence-corrected chi connectivity index (χ2v) is 9.86. The number of aliphatic hydroxyl groups excluding tert-OH is 1. The molecule has 2 aliphatic rings. The zero-order chi connectivity index (χ0) is 22.1. The molecule has 7 heteroatoms. The summed E-state index contributed by atoms with van der Waals surface area (Å²) in [4.78, 5) is 18.2. The Morgan fingerprint density at radius 1 is 1.16 bits per heavy atom. The van der Waals surface area contributed by atoms with Crippen molar-refractivity contribution in [2.45, 2.75) is 56.2 Å². The van der Waals surface area contributed by atoms with Gasteiger partial charge in [0.15, 0.2) is 5.13 Å². The van der Waals surface area contributed by atoms with Crippen LogP contribution in [0.25, 0.3) is 0 Å². The highest BCUT2D eigenvalue weighted by molar-refractivity contribution is 7.15. The van der Waals surface area contributed by atoms with E-state index in [1.54, 1.807) is 0 Å². The number of thiazole rings is 1. The fourth-order valence-corrected chi connectivity index (χ4v) is 5.79. The first kappa shape index (κ1) is 21.1. The zero-order valence-electron chi connectivity index (χ0n) is 17.8. The number of aliphatic hydroxyl groups is 1. The van der Waals surface area contributed by atoms with E-state index in [0.29, 0.717) is 11.2 Å². The molecular formula is C25H28N4O2S. The Balaban J connectivity index is 1.15. The molecule has 5 N–H and O–H groups in total. The molecular weight excluding hydrogens is 420 g/mol. The van der Waals surface area contributed by atoms with Gasteiger partial charge in [-0.15, -0.1) is 11.3 Å². The zero-order valence-corrected chi connectivity index (χ0v) is 18.6. The first-order valence-electron chi connectivity index (χ1n) is 11.2. The summed E-state index contributed by atoms with van der Waals surface area (Å²) in [7, 11) is 0. The summed E-state index contributed by atoms with van der Waals surface area (Å²) in [5, 5.41) is 17.8. The number of nitrogens with two attached hydrogens (primary N) is 1. The third-order valence-electron chi connectivity index (χ3n) is 6.55. The number of benzene rings is 2. The summed E-state index contributed by atoms with van der Waals surface area (Å²) in [5.74, 6) is -0.231. The van der Waals surface area contributed by atoms with E-state index in [2.05, 4.69) is 27.8 Å². The van der Waals surface area contributed by atoms with Crippen LogP contribution in [-0.4, -0.2) is 28.1 Å². The third-order valence-corrected chi connectivity index (χ3v) is 7.51. The minimum absolute atomic E-state index is 0.0167. The van der Waals surface area contributed by atoms with Crippen molar-refractivity contribution in [1.82, 2.24) is 10.3 Å². The number of aromatic nitrogens is 1. The molecule has 0 spiro atoms. The van der Waals surface area contributed by atoms with E-state index in [4.69, 9.17) is 5.73 Å². The summed E-state index contributed by atoms with van der Waals surface area (Å²) in [6, 6.07) is 18.3. The Bertz CT molecular complexity index is 1080. The van der Waals surface area contributed by atoms with E-state index in [1.165, 1.54) is 16.9 Å². The SMILES string of the molecule is Nc1nc2c(s1)CC[C@@H]2C(=O)Nc1ccc(C[C@@H]2CC[C@H]([C@H](O)c3ccccc3)N2)cc1. The van der Waals surface area contributed by atoms with E-state index < -0.39 is 6.10 Å². The maximum atomic E-state index is 12.7. The van der Waals surface area contributed by atoms with Crippen molar-refractivity contribution >= 4 is 28.1 Å². The van der Waals surface area contributed by atoms with Gasteiger partial charge in [0.1, 0.15) is 0 Å². The average molecular weight is 449 g/mol. The maximum absolute atomic E-state index is 12.7. The second-order valence-electron chi connectivity index (χ2n) is 8.75. The molecule has 2 heterocycles. The van der Waals surface area contributed by atoms with Crippen LogP contribution in [0.15, 0.2) is 54.6 Å². The van der Waals surface area contributed by atoms with Crippen molar-refractivity contribution in [3.8, 4) is 0 Å². The summed E-state index contributed by atoms with van der Waals surface area (Å²) >= 11 is 1.49. The first-order chi connectivity index (χ1) is 15.6. The fourth-order valence-electron chi connectivity index (χ4n) is 4.88. The summed E-state index contributed by atoms with van der Waals surface area (Å²) < 4.78 is 0. The molecule has 32 heavy (non-hydrogen) atoms. The standard InChI is InChI=1S/C25H28N4O2S/c26-25-29-22-19(11-13-21(22)32-25)24(31)28-17-8-6-15(7-9-17)14-18-10-12-20(27-18)23(30)16-4-2-1-3-5-16/h1-9,18-20,23,27,30H,10-14H2,(H2,26,29)(H,28,31)/t18-,19-,20+,23+/m0/s1. The fraction of sp³-hybridized carbons (Fsp3) is 0.360. The molecule has 1 aliphatic heterocycles. The Kier molecular flexibility index (Phi) is 5.95. The molecule has 0 radical (unpaired) electrons. The predicted molar refractivity (Wildman–Crippen MR) is 128 cm³/mol. The highest BCUT2D eigenvalue weighted by Crippen LogP contribution is 2.38. The largest absolute Gasteiger partial charge is 0.387 e. The number of hydrogen-bond donors (Lipinski definition) is 4. The molecule has 1 aliphatic carbocycles. The van der Waals surface area contributed by atoms with Gasteiger partial charge in [-0.2, -0.15) is 0 Å². The van der Waals surface area contributed by atoms with Crippen molar-refractivity contribution in [3.63, 3.8) is 0 Å². The van der Waals surface area contributed by atoms with Crippen molar-refractivity contribution in [1.29, 1.82) is 0 Å². The van der Waals surface area contributed by atoms with Crippen LogP contribution in [0, 0.1) is 0 Å². The minimum Gasteiger partial charge on any atom is -0.387 e. The van der Waals surface area contributed by atoms with Crippen LogP contribution in [0.2, 0.25) is 0 Å². The van der Waals surface area contributed by atoms with Crippen molar-refractivity contribution in [3.05, 3.63) is 76.3 Å². The molecule has 1 fully saturated rings. The van der Waals surface area contributed by atoms with E-state index >= 15 is 0 Å². The smallest absolute Gasteiger partial charge is 0.233 e. The quantitative estimate of drug-likeness (QED) is 0.460. The van der Waals surface area contributed by atoms with Gasteiger partial charge in [-0.05, 0) is 55.4 Å². The van der Waals surface area contributed by atoms with Gasteiger partial charge in [0.05, 0.1) is 17.7 Å². The molecule has 6 nitrogen and oxygen atoms in total. The number of carbonyl (C=O) groups is 1. The van der Waals surface area contributed by atoms with Crippen LogP contribution >= 0.6 is 11.3 Å². The Labute approximate surface area is 191 Å². The topological polar surface area (TPSA) is 100 Å². The van der Waals surface area contributed by atoms with Crippen molar-refractivity contribution in [2.75, 3.05) is 11.1 Å². The molecule has 1 saturated heterocycles. The lowest BCUT2D eigenvalue weighted by Gasteiger charge is -2.20. The molecule has 166 valence electrons. The second kappa shape index (κ2) is 9.02. The molecule has 1 amide bonds. The third kappa shape index (κ3) is 4.41. The Morgan fingerprint density at radius 3 is 2.72 bits per heavy atom. The molecule has 4 atom stereocenters. The minimum atomic E-state index is -0.483. The van der Waals surface area contributed by atoms with Crippen molar-refractivity contribution < 1.29 is 9.90 Å². The van der Waals surface area contributed by atoms with Crippen LogP contribution in [0.3, 0.4) is 0 Å². The Morgan fingerprint density at radius 2 is 1.94 bits per heavy atom. The van der Waals surface area contributed by atoms with E-state index in [9.17, 15) is 9.90 Å². The van der Waals surface area contributed by atoms with Gasteiger partial charge in [0.2, 0.25) is 5.91 Å². The van der Waals surface area contributed by atoms with Gasteiger partial charge < -0.3 is 21.5 Å². The predicted octanol–water partition coefficient (Wildman–Crippen LogP) is 3.79. The number of anilines is 2. The lowest BCUT2D eigenvalue weighted by atomic mass is 10.0. The number of hydrogen-bond acceptors (Lipinski definition) is 6. The molecule has 3 aromatic rings. The van der Waals surface area contributed by atoms with Gasteiger partial charge in [-0.25, -0.2) is 4.98 Å². The van der Waals surface area contributed by atoms with Gasteiger partial charge in [0, 0.05) is 22.6 Å². The molecule has 0 saturated carbocycles. The number of aryl methyl sites for hydroxylation is 1. The van der Waals surface area contributed by atoms with E-state index in [0.717, 1.165) is 53.9 Å². The molecule has 1 aromatic heterocycles. The number of nitrogen functional groups attached to an aromatic ring is 1. The number of rotatable bonds is 6. The number of carbonyl (C=O) groups excluding carboxylic acids is 1. The van der Waals surface area contributed by atoms with Crippen LogP contribution in [0.1, 0.15) is 53.0 Å². The van der Waals surface area contributed by atoms with Crippen LogP contribution in [0.5, 0.6) is 0 Å². The normalized spacial score (nSPS) is 23.1. The highest BCUT2D eigenvalue weighted by atomic mass is 32.1. The van der Waals surface area contributed by atoms with Crippen LogP contribution in [0.4, 0.5) is 10.8 Å². The van der Waals surface area contributed by atoms with E-state index in [-0.39, 0.29) is 17.9 Å². The molecule has 2 aromatic carbocycles. The molecule has 5 rings (SSSR count). The lowest BCUT2D eigenvalue weighted by molar-refractivity contribution is -0.117. The van der Waals surface area contributed by atoms with Crippen LogP contribution in [-0.2, 0) is 17.6 Å². The number of nitrogens with one attached hydrogen (secondary N) is 2. The number of nitrogens with zero attached hydrogens (tertiary/aromatic N) is 1. The highest BCUT2D eigenvalue weighted by Gasteiger charge is 2.32. The van der Waals surface area contributed by atoms with Gasteiger partial charge in [0.25, 0.3) is 0 Å². The molecule has 0 bridgehead atoms. The summed E-state index contributed by atoms with van der Waals surface area (Å²) in [5.41, 5.74) is 9.62. The van der Waals surface area contributed by atoms with E-state index in [1.807, 2.05) is 42.5 Å². The summed E-state index contributed by atoms with van der Waals surface area (Å²) in [6.45, 7) is 0. The lowest BCUT2D eigenvalue weighted by Crippen LogP contribution is -2.35. The maximum Gasteiger partial charge on any atom is 0.233 e. The van der Waals surface area contributed by atoms with Gasteiger partial charge >= 0.3 is 0 Å². The van der Waals surface area contributed by atoms with Crippen LogP contribution < -0.4 is 16.4 Å². The van der Waals surface area contributed by atoms with Gasteiger partial charge in [-0.3, -0.25) is 4.79 Å². The van der Waals surface area contributed by atoms with Gasteiger partial charge in [-0.1, -0.05) is 42.5 Å². The first-order valence-corrected chi connectivity index (χ1v) is 12.0. The molecule has 0 unspecified atom stereocenters. The Hall–Kier alpha value is -2.74. The average Bonchev–Trinajstić information content (AvgIpc) is 3.51. The summed E-state index contributed by atoms with van der Waals surface area (Å²) in [6.07, 6.45) is 4.07. The number of fused-ring (bicyclic) bond motifs is 1.